The summed E-state index contributed by atoms with van der Waals surface area (Å²) in [6.45, 7) is 6.10. The topological polar surface area (TPSA) is 83.5 Å². The fourth-order valence-electron chi connectivity index (χ4n) is 3.10. The number of para-hydroxylation sites is 1. The fourth-order valence-corrected chi connectivity index (χ4v) is 3.27. The molecule has 0 aliphatic carbocycles. The number of benzene rings is 2. The number of nitrogens with one attached hydrogen (secondary N) is 3. The van der Waals surface area contributed by atoms with Crippen molar-refractivity contribution in [1.29, 1.82) is 0 Å². The first-order valence-electron chi connectivity index (χ1n) is 10.9. The van der Waals surface area contributed by atoms with Crippen LogP contribution in [0, 0.1) is 0 Å². The van der Waals surface area contributed by atoms with E-state index in [2.05, 4.69) is 55.8 Å². The molecule has 11 heteroatoms. The number of ether oxygens (including phenoxy) is 1. The lowest BCUT2D eigenvalue weighted by Crippen LogP contribution is -2.24. The number of hydrogen-bond donors (Lipinski definition) is 3. The van der Waals surface area contributed by atoms with Crippen molar-refractivity contribution in [2.45, 2.75) is 33.1 Å². The molecule has 3 rings (SSSR count). The van der Waals surface area contributed by atoms with Gasteiger partial charge in [0.05, 0.1) is 6.21 Å². The Morgan fingerprint density at radius 3 is 2.36 bits per heavy atom. The molecule has 1 aromatic heterocycles. The molecule has 0 atom stereocenters. The highest BCUT2D eigenvalue weighted by atomic mass is 32.1. The summed E-state index contributed by atoms with van der Waals surface area (Å²) in [5.41, 5.74) is 6.98. The third-order valence-corrected chi connectivity index (χ3v) is 4.87. The Morgan fingerprint density at radius 2 is 1.72 bits per heavy atom. The molecule has 1 heterocycles. The molecule has 36 heavy (non-hydrogen) atoms. The molecule has 0 spiro atoms. The van der Waals surface area contributed by atoms with Gasteiger partial charge in [0, 0.05) is 29.3 Å². The second-order valence-corrected chi connectivity index (χ2v) is 8.40. The Kier molecular flexibility index (Phi) is 8.96. The van der Waals surface area contributed by atoms with Gasteiger partial charge in [-0.05, 0) is 72.6 Å². The maximum atomic E-state index is 12.3. The molecule has 0 aliphatic heterocycles. The summed E-state index contributed by atoms with van der Waals surface area (Å²) in [5.74, 6) is 0.341. The van der Waals surface area contributed by atoms with Crippen molar-refractivity contribution in [3.8, 4) is 5.75 Å². The van der Waals surface area contributed by atoms with E-state index in [4.69, 9.17) is 12.2 Å². The normalized spacial score (nSPS) is 12.0. The first-order valence-corrected chi connectivity index (χ1v) is 11.3. The van der Waals surface area contributed by atoms with Gasteiger partial charge in [-0.25, -0.2) is 9.97 Å². The molecular weight excluding hydrogens is 489 g/mol. The van der Waals surface area contributed by atoms with Crippen LogP contribution in [0.5, 0.6) is 5.75 Å². The molecule has 0 saturated carbocycles. The maximum absolute atomic E-state index is 12.3. The molecule has 7 nitrogen and oxygen atoms in total. The molecule has 188 valence electrons. The van der Waals surface area contributed by atoms with Crippen LogP contribution in [-0.4, -0.2) is 27.7 Å². The summed E-state index contributed by atoms with van der Waals surface area (Å²) in [7, 11) is 0. The molecule has 0 bridgehead atoms. The number of anilines is 3. The monoisotopic (exact) mass is 514 g/mol. The van der Waals surface area contributed by atoms with Crippen molar-refractivity contribution in [3.63, 3.8) is 0 Å². The van der Waals surface area contributed by atoms with Gasteiger partial charge in [-0.15, -0.1) is 13.2 Å². The lowest BCUT2D eigenvalue weighted by Gasteiger charge is -2.14. The van der Waals surface area contributed by atoms with Crippen molar-refractivity contribution in [3.05, 3.63) is 77.6 Å². The molecular formula is C25H25F3N6OS. The Balaban J connectivity index is 1.52. The second kappa shape index (κ2) is 12.1. The van der Waals surface area contributed by atoms with E-state index in [1.807, 2.05) is 31.2 Å². The molecule has 0 saturated heterocycles. The summed E-state index contributed by atoms with van der Waals surface area (Å²) in [6.07, 6.45) is 1.94. The van der Waals surface area contributed by atoms with Gasteiger partial charge in [0.1, 0.15) is 5.75 Å². The molecule has 0 amide bonds. The smallest absolute Gasteiger partial charge is 0.406 e. The predicted octanol–water partition coefficient (Wildman–Crippen LogP) is 6.62. The first-order chi connectivity index (χ1) is 17.1. The number of alkyl halides is 3. The van der Waals surface area contributed by atoms with Gasteiger partial charge < -0.3 is 15.4 Å². The number of nitrogens with zero attached hydrogens (tertiary/aromatic N) is 3. The van der Waals surface area contributed by atoms with E-state index in [0.717, 1.165) is 22.4 Å². The summed E-state index contributed by atoms with van der Waals surface area (Å²) in [6, 6.07) is 13.2. The number of halogens is 3. The van der Waals surface area contributed by atoms with Crippen LogP contribution in [0.4, 0.5) is 30.5 Å². The van der Waals surface area contributed by atoms with E-state index in [1.165, 1.54) is 24.3 Å². The third kappa shape index (κ3) is 8.66. The molecule has 3 N–H and O–H groups in total. The van der Waals surface area contributed by atoms with Crippen molar-refractivity contribution in [2.75, 3.05) is 10.6 Å². The van der Waals surface area contributed by atoms with Crippen LogP contribution in [0.3, 0.4) is 0 Å². The highest BCUT2D eigenvalue weighted by Gasteiger charge is 2.30. The highest BCUT2D eigenvalue weighted by Crippen LogP contribution is 2.25. The summed E-state index contributed by atoms with van der Waals surface area (Å²) < 4.78 is 40.6. The largest absolute Gasteiger partial charge is 0.573 e. The Morgan fingerprint density at radius 1 is 1.06 bits per heavy atom. The average Bonchev–Trinajstić information content (AvgIpc) is 2.81. The zero-order chi connectivity index (χ0) is 26.1. The number of thiocarbonyl (C=S) groups is 1. The highest BCUT2D eigenvalue weighted by molar-refractivity contribution is 7.80. The molecule has 0 radical (unpaired) electrons. The van der Waals surface area contributed by atoms with Gasteiger partial charge in [0.25, 0.3) is 0 Å². The zero-order valence-electron chi connectivity index (χ0n) is 19.8. The number of hydrogen-bond acceptors (Lipinski definition) is 6. The van der Waals surface area contributed by atoms with Crippen LogP contribution in [0.1, 0.15) is 37.8 Å². The minimum Gasteiger partial charge on any atom is -0.406 e. The van der Waals surface area contributed by atoms with Gasteiger partial charge >= 0.3 is 6.36 Å². The quantitative estimate of drug-likeness (QED) is 0.177. The fraction of sp³-hybridized carbons (Fsp3) is 0.200. The van der Waals surface area contributed by atoms with Gasteiger partial charge in [0.15, 0.2) is 5.11 Å². The molecule has 3 aromatic rings. The zero-order valence-corrected chi connectivity index (χ0v) is 20.6. The van der Waals surface area contributed by atoms with Gasteiger partial charge in [-0.1, -0.05) is 32.0 Å². The van der Waals surface area contributed by atoms with E-state index in [9.17, 15) is 13.2 Å². The van der Waals surface area contributed by atoms with Crippen molar-refractivity contribution < 1.29 is 17.9 Å². The molecule has 2 aromatic carbocycles. The summed E-state index contributed by atoms with van der Waals surface area (Å²) in [5, 5.41) is 10.6. The van der Waals surface area contributed by atoms with E-state index >= 15 is 0 Å². The van der Waals surface area contributed by atoms with Crippen LogP contribution in [-0.2, 0) is 0 Å². The Hall–Kier alpha value is -3.99. The lowest BCUT2D eigenvalue weighted by molar-refractivity contribution is -0.274. The van der Waals surface area contributed by atoms with Crippen LogP contribution in [0.25, 0.3) is 6.08 Å². The van der Waals surface area contributed by atoms with Crippen molar-refractivity contribution >= 4 is 46.9 Å². The SMILES string of the molecule is CC(/C=N/NC(=S)Nc1ccccc1C(C)C)=C\c1cnc(Nc2ccc(OC(F)(F)F)cc2)nc1. The number of allylic oxidation sites excluding steroid dienone is 1. The maximum Gasteiger partial charge on any atom is 0.573 e. The summed E-state index contributed by atoms with van der Waals surface area (Å²) in [4.78, 5) is 8.44. The van der Waals surface area contributed by atoms with E-state index in [1.54, 1.807) is 18.6 Å². The predicted molar refractivity (Wildman–Crippen MR) is 140 cm³/mol. The third-order valence-electron chi connectivity index (χ3n) is 4.68. The molecule has 0 aliphatic rings. The number of aromatic nitrogens is 2. The number of hydrazone groups is 1. The minimum atomic E-state index is -4.73. The van der Waals surface area contributed by atoms with Gasteiger partial charge in [-0.3, -0.25) is 5.43 Å². The van der Waals surface area contributed by atoms with Crippen LogP contribution in [0.15, 0.2) is 71.6 Å². The van der Waals surface area contributed by atoms with Crippen molar-refractivity contribution in [2.24, 2.45) is 5.10 Å². The van der Waals surface area contributed by atoms with Crippen LogP contribution >= 0.6 is 12.2 Å². The average molecular weight is 515 g/mol. The van der Waals surface area contributed by atoms with E-state index in [0.29, 0.717) is 22.7 Å². The molecule has 0 fully saturated rings. The Labute approximate surface area is 212 Å². The second-order valence-electron chi connectivity index (χ2n) is 7.99. The van der Waals surface area contributed by atoms with Gasteiger partial charge in [-0.2, -0.15) is 5.10 Å². The van der Waals surface area contributed by atoms with E-state index in [-0.39, 0.29) is 5.75 Å². The van der Waals surface area contributed by atoms with Crippen LogP contribution in [0.2, 0.25) is 0 Å². The van der Waals surface area contributed by atoms with Gasteiger partial charge in [0.2, 0.25) is 5.95 Å². The minimum absolute atomic E-state index is 0.294. The Bertz CT molecular complexity index is 1230. The number of rotatable bonds is 8. The van der Waals surface area contributed by atoms with E-state index < -0.39 is 6.36 Å². The molecule has 0 unspecified atom stereocenters. The van der Waals surface area contributed by atoms with Crippen LogP contribution < -0.4 is 20.8 Å². The standard InChI is InChI=1S/C25H25F3N6OS/c1-16(2)21-6-4-5-7-22(21)33-24(36)34-31-13-17(3)12-18-14-29-23(30-15-18)32-19-8-10-20(11-9-19)35-25(26,27)28/h4-16H,1-3H3,(H,29,30,32)(H2,33,34,36)/b17-12+,31-13+. The summed E-state index contributed by atoms with van der Waals surface area (Å²) >= 11 is 5.32. The lowest BCUT2D eigenvalue weighted by atomic mass is 10.0. The first kappa shape index (κ1) is 26.6. The van der Waals surface area contributed by atoms with Crippen molar-refractivity contribution in [1.82, 2.24) is 15.4 Å².